The van der Waals surface area contributed by atoms with Crippen LogP contribution in [-0.2, 0) is 11.8 Å². The maximum Gasteiger partial charge on any atom is 0.323 e. The Balaban J connectivity index is 2.65. The van der Waals surface area contributed by atoms with E-state index in [2.05, 4.69) is 15.4 Å². The van der Waals surface area contributed by atoms with E-state index in [4.69, 9.17) is 0 Å². The molecule has 2 N–H and O–H groups in total. The molecule has 2 unspecified atom stereocenters. The fourth-order valence-electron chi connectivity index (χ4n) is 1.81. The molecule has 0 aliphatic rings. The van der Waals surface area contributed by atoms with Gasteiger partial charge in [-0.15, -0.1) is 0 Å². The Morgan fingerprint density at radius 1 is 1.72 bits per heavy atom. The van der Waals surface area contributed by atoms with Gasteiger partial charge in [-0.2, -0.15) is 5.10 Å². The molecule has 1 aromatic rings. The Bertz CT molecular complexity index is 410. The van der Waals surface area contributed by atoms with Crippen molar-refractivity contribution in [3.63, 3.8) is 0 Å². The molecule has 0 bridgehead atoms. The normalized spacial score (nSPS) is 16.2. The van der Waals surface area contributed by atoms with Crippen LogP contribution in [-0.4, -0.2) is 43.2 Å². The average Bonchev–Trinajstić information content (AvgIpc) is 2.64. The molecule has 0 spiro atoms. The van der Waals surface area contributed by atoms with Gasteiger partial charge in [0.2, 0.25) is 0 Å². The number of aryl methyl sites for hydroxylation is 1. The fraction of sp³-hybridized carbons (Fsp3) is 0.727. The largest absolute Gasteiger partial charge is 0.480 e. The van der Waals surface area contributed by atoms with E-state index in [9.17, 15) is 9.90 Å². The van der Waals surface area contributed by atoms with Gasteiger partial charge < -0.3 is 10.4 Å². The first kappa shape index (κ1) is 15.0. The summed E-state index contributed by atoms with van der Waals surface area (Å²) in [7, 11) is 1.82. The zero-order valence-corrected chi connectivity index (χ0v) is 12.0. The Hall–Kier alpha value is -1.08. The highest BCUT2D eigenvalue weighted by Crippen LogP contribution is 2.27. The van der Waals surface area contributed by atoms with Crippen molar-refractivity contribution in [1.82, 2.24) is 20.1 Å². The van der Waals surface area contributed by atoms with Gasteiger partial charge in [-0.3, -0.25) is 4.79 Å². The van der Waals surface area contributed by atoms with Gasteiger partial charge in [0.15, 0.2) is 5.16 Å². The first-order valence-electron chi connectivity index (χ1n) is 5.88. The molecule has 6 nitrogen and oxygen atoms in total. The van der Waals surface area contributed by atoms with Crippen molar-refractivity contribution in [2.45, 2.75) is 43.1 Å². The first-order valence-corrected chi connectivity index (χ1v) is 6.76. The van der Waals surface area contributed by atoms with Gasteiger partial charge in [-0.05, 0) is 19.9 Å². The molecule has 1 aromatic heterocycles. The molecule has 0 amide bonds. The summed E-state index contributed by atoms with van der Waals surface area (Å²) in [5.74, 6) is -0.824. The Morgan fingerprint density at radius 3 is 2.83 bits per heavy atom. The standard InChI is InChI=1S/C11H20N4O2S/c1-5-13-11(3,9(16)17)6-8(2)18-10-12-7-14-15(10)4/h7-8,13H,5-6H2,1-4H3,(H,16,17). The molecule has 18 heavy (non-hydrogen) atoms. The summed E-state index contributed by atoms with van der Waals surface area (Å²) >= 11 is 1.53. The van der Waals surface area contributed by atoms with Crippen LogP contribution in [0.5, 0.6) is 0 Å². The lowest BCUT2D eigenvalue weighted by atomic mass is 9.96. The second-order valence-corrected chi connectivity index (χ2v) is 5.87. The SMILES string of the molecule is CCNC(C)(CC(C)Sc1ncnn1C)C(=O)O. The highest BCUT2D eigenvalue weighted by molar-refractivity contribution is 7.99. The number of rotatable bonds is 7. The molecule has 102 valence electrons. The van der Waals surface area contributed by atoms with Crippen LogP contribution in [0.25, 0.3) is 0 Å². The molecule has 0 aliphatic heterocycles. The number of carboxylic acids is 1. The number of thioether (sulfide) groups is 1. The van der Waals surface area contributed by atoms with Crippen LogP contribution in [0.2, 0.25) is 0 Å². The summed E-state index contributed by atoms with van der Waals surface area (Å²) in [6.45, 7) is 6.25. The topological polar surface area (TPSA) is 80.0 Å². The maximum absolute atomic E-state index is 11.3. The van der Waals surface area contributed by atoms with Gasteiger partial charge >= 0.3 is 5.97 Å². The number of nitrogens with zero attached hydrogens (tertiary/aromatic N) is 3. The van der Waals surface area contributed by atoms with Crippen LogP contribution >= 0.6 is 11.8 Å². The molecule has 2 atom stereocenters. The third-order valence-electron chi connectivity index (χ3n) is 2.71. The van der Waals surface area contributed by atoms with Crippen LogP contribution in [0.4, 0.5) is 0 Å². The smallest absolute Gasteiger partial charge is 0.323 e. The number of likely N-dealkylation sites (N-methyl/N-ethyl adjacent to an activating group) is 1. The van der Waals surface area contributed by atoms with Crippen LogP contribution in [0.15, 0.2) is 11.5 Å². The lowest BCUT2D eigenvalue weighted by Gasteiger charge is -2.28. The first-order chi connectivity index (χ1) is 8.39. The summed E-state index contributed by atoms with van der Waals surface area (Å²) < 4.78 is 1.69. The van der Waals surface area contributed by atoms with E-state index in [1.54, 1.807) is 11.6 Å². The minimum atomic E-state index is -0.903. The van der Waals surface area contributed by atoms with E-state index >= 15 is 0 Å². The van der Waals surface area contributed by atoms with Crippen molar-refractivity contribution in [2.75, 3.05) is 6.54 Å². The van der Waals surface area contributed by atoms with Crippen molar-refractivity contribution >= 4 is 17.7 Å². The van der Waals surface area contributed by atoms with Gasteiger partial charge in [0.1, 0.15) is 11.9 Å². The molecule has 0 fully saturated rings. The molecular formula is C11H20N4O2S. The number of hydrogen-bond acceptors (Lipinski definition) is 5. The molecule has 1 heterocycles. The van der Waals surface area contributed by atoms with Crippen molar-refractivity contribution in [3.8, 4) is 0 Å². The Labute approximate surface area is 111 Å². The molecular weight excluding hydrogens is 252 g/mol. The van der Waals surface area contributed by atoms with E-state index in [0.29, 0.717) is 13.0 Å². The molecule has 7 heteroatoms. The summed E-state index contributed by atoms with van der Waals surface area (Å²) in [6, 6.07) is 0. The maximum atomic E-state index is 11.3. The number of hydrogen-bond donors (Lipinski definition) is 2. The minimum absolute atomic E-state index is 0.132. The third-order valence-corrected chi connectivity index (χ3v) is 3.86. The van der Waals surface area contributed by atoms with Crippen molar-refractivity contribution in [2.24, 2.45) is 7.05 Å². The number of aliphatic carboxylic acids is 1. The monoisotopic (exact) mass is 272 g/mol. The van der Waals surface area contributed by atoms with Crippen molar-refractivity contribution in [1.29, 1.82) is 0 Å². The summed E-state index contributed by atoms with van der Waals surface area (Å²) in [5, 5.41) is 17.2. The van der Waals surface area contributed by atoms with Crippen LogP contribution in [0, 0.1) is 0 Å². The fourth-order valence-corrected chi connectivity index (χ4v) is 2.90. The lowest BCUT2D eigenvalue weighted by molar-refractivity contribution is -0.144. The summed E-state index contributed by atoms with van der Waals surface area (Å²) in [6.07, 6.45) is 2.02. The molecule has 0 aliphatic carbocycles. The predicted octanol–water partition coefficient (Wildman–Crippen LogP) is 1.14. The lowest BCUT2D eigenvalue weighted by Crippen LogP contribution is -2.50. The number of carboxylic acid groups (broad SMARTS) is 1. The van der Waals surface area contributed by atoms with E-state index in [0.717, 1.165) is 5.16 Å². The van der Waals surface area contributed by atoms with E-state index in [1.807, 2.05) is 20.9 Å². The minimum Gasteiger partial charge on any atom is -0.480 e. The zero-order valence-electron chi connectivity index (χ0n) is 11.2. The summed E-state index contributed by atoms with van der Waals surface area (Å²) in [4.78, 5) is 15.4. The second kappa shape index (κ2) is 6.19. The predicted molar refractivity (Wildman–Crippen MR) is 70.7 cm³/mol. The van der Waals surface area contributed by atoms with E-state index in [-0.39, 0.29) is 5.25 Å². The van der Waals surface area contributed by atoms with Gasteiger partial charge in [0.05, 0.1) is 0 Å². The number of aromatic nitrogens is 3. The quantitative estimate of drug-likeness (QED) is 0.725. The van der Waals surface area contributed by atoms with Crippen LogP contribution in [0.3, 0.4) is 0 Å². The van der Waals surface area contributed by atoms with Crippen molar-refractivity contribution < 1.29 is 9.90 Å². The number of nitrogens with one attached hydrogen (secondary N) is 1. The third kappa shape index (κ3) is 3.71. The molecule has 0 radical (unpaired) electrons. The summed E-state index contributed by atoms with van der Waals surface area (Å²) in [5.41, 5.74) is -0.903. The molecule has 0 aromatic carbocycles. The molecule has 0 saturated heterocycles. The van der Waals surface area contributed by atoms with Gasteiger partial charge in [0, 0.05) is 12.3 Å². The molecule has 0 saturated carbocycles. The van der Waals surface area contributed by atoms with E-state index in [1.165, 1.54) is 18.1 Å². The second-order valence-electron chi connectivity index (χ2n) is 4.47. The highest BCUT2D eigenvalue weighted by atomic mass is 32.2. The number of carbonyl (C=O) groups is 1. The van der Waals surface area contributed by atoms with Gasteiger partial charge in [-0.25, -0.2) is 9.67 Å². The van der Waals surface area contributed by atoms with Crippen molar-refractivity contribution in [3.05, 3.63) is 6.33 Å². The van der Waals surface area contributed by atoms with Gasteiger partial charge in [0.25, 0.3) is 0 Å². The van der Waals surface area contributed by atoms with Crippen LogP contribution in [0.1, 0.15) is 27.2 Å². The average molecular weight is 272 g/mol. The highest BCUT2D eigenvalue weighted by Gasteiger charge is 2.34. The van der Waals surface area contributed by atoms with E-state index < -0.39 is 11.5 Å². The van der Waals surface area contributed by atoms with Crippen LogP contribution < -0.4 is 5.32 Å². The Kier molecular flexibility index (Phi) is 5.15. The Morgan fingerprint density at radius 2 is 2.39 bits per heavy atom. The van der Waals surface area contributed by atoms with Gasteiger partial charge in [-0.1, -0.05) is 25.6 Å². The molecule has 1 rings (SSSR count). The zero-order chi connectivity index (χ0) is 13.8.